The van der Waals surface area contributed by atoms with Crippen LogP contribution >= 0.6 is 0 Å². The molecular formula is C19H24N4O3. The van der Waals surface area contributed by atoms with Gasteiger partial charge >= 0.3 is 0 Å². The maximum absolute atomic E-state index is 12.1. The Bertz CT molecular complexity index is 711. The molecule has 1 fully saturated rings. The van der Waals surface area contributed by atoms with E-state index in [1.807, 2.05) is 38.1 Å². The zero-order valence-electron chi connectivity index (χ0n) is 15.1. The van der Waals surface area contributed by atoms with Gasteiger partial charge in [-0.1, -0.05) is 0 Å². The molecule has 1 aromatic heterocycles. The molecule has 7 nitrogen and oxygen atoms in total. The highest BCUT2D eigenvalue weighted by molar-refractivity contribution is 5.92. The SMILES string of the molecule is CC(C)Oc1ccc(Nc2ccc(C(=O)NCC3CCCO3)nn2)cc1. The molecule has 1 amide bonds. The number of hydrogen-bond donors (Lipinski definition) is 2. The predicted molar refractivity (Wildman–Crippen MR) is 98.8 cm³/mol. The van der Waals surface area contributed by atoms with Gasteiger partial charge in [-0.15, -0.1) is 10.2 Å². The van der Waals surface area contributed by atoms with E-state index >= 15 is 0 Å². The molecule has 1 aliphatic heterocycles. The summed E-state index contributed by atoms with van der Waals surface area (Å²) in [7, 11) is 0. The molecule has 7 heteroatoms. The molecule has 2 aromatic rings. The zero-order chi connectivity index (χ0) is 18.4. The van der Waals surface area contributed by atoms with Gasteiger partial charge in [-0.3, -0.25) is 4.79 Å². The average Bonchev–Trinajstić information content (AvgIpc) is 3.15. The molecule has 26 heavy (non-hydrogen) atoms. The molecule has 1 aliphatic rings. The van der Waals surface area contributed by atoms with E-state index in [0.29, 0.717) is 12.4 Å². The van der Waals surface area contributed by atoms with Crippen LogP contribution in [0.3, 0.4) is 0 Å². The second-order valence-corrected chi connectivity index (χ2v) is 6.46. The normalized spacial score (nSPS) is 16.5. The molecule has 1 unspecified atom stereocenters. The number of carbonyl (C=O) groups excluding carboxylic acids is 1. The summed E-state index contributed by atoms with van der Waals surface area (Å²) < 4.78 is 11.1. The topological polar surface area (TPSA) is 85.4 Å². The Balaban J connectivity index is 1.52. The fourth-order valence-electron chi connectivity index (χ4n) is 2.66. The molecule has 0 bridgehead atoms. The number of benzene rings is 1. The number of aromatic nitrogens is 2. The first-order valence-corrected chi connectivity index (χ1v) is 8.87. The molecule has 0 aliphatic carbocycles. The fraction of sp³-hybridized carbons (Fsp3) is 0.421. The number of nitrogens with zero attached hydrogens (tertiary/aromatic N) is 2. The maximum atomic E-state index is 12.1. The number of rotatable bonds is 7. The lowest BCUT2D eigenvalue weighted by Crippen LogP contribution is -2.32. The molecule has 2 heterocycles. The lowest BCUT2D eigenvalue weighted by molar-refractivity contribution is 0.0853. The van der Waals surface area contributed by atoms with E-state index in [2.05, 4.69) is 20.8 Å². The standard InChI is InChI=1S/C19H24N4O3/c1-13(2)26-15-7-5-14(6-8-15)21-18-10-9-17(22-23-18)19(24)20-12-16-4-3-11-25-16/h5-10,13,16H,3-4,11-12H2,1-2H3,(H,20,24)(H,21,23). The van der Waals surface area contributed by atoms with E-state index in [1.54, 1.807) is 12.1 Å². The molecular weight excluding hydrogens is 332 g/mol. The molecule has 3 rings (SSSR count). The van der Waals surface area contributed by atoms with Crippen molar-refractivity contribution in [1.82, 2.24) is 15.5 Å². The molecule has 0 saturated carbocycles. The van der Waals surface area contributed by atoms with Crippen LogP contribution in [0.4, 0.5) is 11.5 Å². The van der Waals surface area contributed by atoms with Crippen LogP contribution < -0.4 is 15.4 Å². The zero-order valence-corrected chi connectivity index (χ0v) is 15.1. The number of carbonyl (C=O) groups is 1. The van der Waals surface area contributed by atoms with Gasteiger partial charge in [0.1, 0.15) is 5.75 Å². The van der Waals surface area contributed by atoms with E-state index in [0.717, 1.165) is 30.9 Å². The molecule has 138 valence electrons. The fourth-order valence-corrected chi connectivity index (χ4v) is 2.66. The second-order valence-electron chi connectivity index (χ2n) is 6.46. The first-order valence-electron chi connectivity index (χ1n) is 8.87. The Morgan fingerprint density at radius 3 is 2.65 bits per heavy atom. The minimum Gasteiger partial charge on any atom is -0.491 e. The summed E-state index contributed by atoms with van der Waals surface area (Å²) in [6, 6.07) is 11.0. The molecule has 1 aromatic carbocycles. The van der Waals surface area contributed by atoms with Crippen molar-refractivity contribution in [1.29, 1.82) is 0 Å². The number of hydrogen-bond acceptors (Lipinski definition) is 6. The summed E-state index contributed by atoms with van der Waals surface area (Å²) in [5.74, 6) is 1.14. The highest BCUT2D eigenvalue weighted by Crippen LogP contribution is 2.19. The Kier molecular flexibility index (Phi) is 6.01. The third-order valence-corrected chi connectivity index (χ3v) is 3.91. The summed E-state index contributed by atoms with van der Waals surface area (Å²) in [6.45, 7) is 5.25. The monoisotopic (exact) mass is 356 g/mol. The van der Waals surface area contributed by atoms with Gasteiger partial charge in [0, 0.05) is 18.8 Å². The van der Waals surface area contributed by atoms with Gasteiger partial charge in [0.2, 0.25) is 0 Å². The van der Waals surface area contributed by atoms with Gasteiger partial charge in [-0.05, 0) is 63.1 Å². The Morgan fingerprint density at radius 2 is 2.04 bits per heavy atom. The van der Waals surface area contributed by atoms with Gasteiger partial charge in [0.25, 0.3) is 5.91 Å². The highest BCUT2D eigenvalue weighted by atomic mass is 16.5. The molecule has 1 atom stereocenters. The second kappa shape index (κ2) is 8.62. The quantitative estimate of drug-likeness (QED) is 0.793. The predicted octanol–water partition coefficient (Wildman–Crippen LogP) is 2.92. The van der Waals surface area contributed by atoms with E-state index in [4.69, 9.17) is 9.47 Å². The first-order chi connectivity index (χ1) is 12.6. The highest BCUT2D eigenvalue weighted by Gasteiger charge is 2.17. The minimum atomic E-state index is -0.241. The van der Waals surface area contributed by atoms with Crippen LogP contribution in [-0.2, 0) is 4.74 Å². The van der Waals surface area contributed by atoms with Crippen molar-refractivity contribution < 1.29 is 14.3 Å². The summed E-state index contributed by atoms with van der Waals surface area (Å²) >= 11 is 0. The number of amides is 1. The van der Waals surface area contributed by atoms with Crippen molar-refractivity contribution in [3.63, 3.8) is 0 Å². The third kappa shape index (κ3) is 5.16. The van der Waals surface area contributed by atoms with Gasteiger partial charge in [-0.25, -0.2) is 0 Å². The van der Waals surface area contributed by atoms with Crippen LogP contribution in [0.5, 0.6) is 5.75 Å². The van der Waals surface area contributed by atoms with Crippen molar-refractivity contribution in [3.8, 4) is 5.75 Å². The summed E-state index contributed by atoms with van der Waals surface area (Å²) in [5, 5.41) is 14.0. The molecule has 0 spiro atoms. The lowest BCUT2D eigenvalue weighted by atomic mass is 10.2. The van der Waals surface area contributed by atoms with Crippen molar-refractivity contribution in [2.75, 3.05) is 18.5 Å². The van der Waals surface area contributed by atoms with Crippen molar-refractivity contribution in [2.24, 2.45) is 0 Å². The molecule has 2 N–H and O–H groups in total. The third-order valence-electron chi connectivity index (χ3n) is 3.91. The van der Waals surface area contributed by atoms with E-state index in [1.165, 1.54) is 0 Å². The lowest BCUT2D eigenvalue weighted by Gasteiger charge is -2.11. The largest absolute Gasteiger partial charge is 0.491 e. The average molecular weight is 356 g/mol. The van der Waals surface area contributed by atoms with Gasteiger partial charge < -0.3 is 20.1 Å². The van der Waals surface area contributed by atoms with Crippen LogP contribution in [0.2, 0.25) is 0 Å². The minimum absolute atomic E-state index is 0.107. The Hall–Kier alpha value is -2.67. The summed E-state index contributed by atoms with van der Waals surface area (Å²) in [6.07, 6.45) is 2.27. The van der Waals surface area contributed by atoms with Crippen LogP contribution in [0.25, 0.3) is 0 Å². The summed E-state index contributed by atoms with van der Waals surface area (Å²) in [5.41, 5.74) is 1.15. The Labute approximate surface area is 153 Å². The van der Waals surface area contributed by atoms with Crippen LogP contribution in [0.15, 0.2) is 36.4 Å². The molecule has 1 saturated heterocycles. The van der Waals surface area contributed by atoms with E-state index in [-0.39, 0.29) is 23.8 Å². The first kappa shape index (κ1) is 18.1. The number of ether oxygens (including phenoxy) is 2. The number of anilines is 2. The van der Waals surface area contributed by atoms with Gasteiger partial charge in [0.15, 0.2) is 11.5 Å². The van der Waals surface area contributed by atoms with Crippen molar-refractivity contribution >= 4 is 17.4 Å². The van der Waals surface area contributed by atoms with Crippen LogP contribution in [-0.4, -0.2) is 41.5 Å². The van der Waals surface area contributed by atoms with Crippen LogP contribution in [0, 0.1) is 0 Å². The Morgan fingerprint density at radius 1 is 1.23 bits per heavy atom. The maximum Gasteiger partial charge on any atom is 0.271 e. The van der Waals surface area contributed by atoms with Gasteiger partial charge in [-0.2, -0.15) is 0 Å². The van der Waals surface area contributed by atoms with E-state index in [9.17, 15) is 4.79 Å². The van der Waals surface area contributed by atoms with Crippen molar-refractivity contribution in [3.05, 3.63) is 42.1 Å². The summed E-state index contributed by atoms with van der Waals surface area (Å²) in [4.78, 5) is 12.1. The molecule has 0 radical (unpaired) electrons. The van der Waals surface area contributed by atoms with Crippen LogP contribution in [0.1, 0.15) is 37.2 Å². The van der Waals surface area contributed by atoms with Crippen molar-refractivity contribution in [2.45, 2.75) is 38.9 Å². The van der Waals surface area contributed by atoms with Gasteiger partial charge in [0.05, 0.1) is 12.2 Å². The van der Waals surface area contributed by atoms with E-state index < -0.39 is 0 Å². The number of nitrogens with one attached hydrogen (secondary N) is 2. The smallest absolute Gasteiger partial charge is 0.271 e.